The van der Waals surface area contributed by atoms with Crippen LogP contribution in [0.5, 0.6) is 0 Å². The first-order chi connectivity index (χ1) is 8.19. The largest absolute Gasteiger partial charge is 0.340 e. The summed E-state index contributed by atoms with van der Waals surface area (Å²) in [5.41, 5.74) is 2.13. The molecule has 0 N–H and O–H groups in total. The van der Waals surface area contributed by atoms with E-state index in [1.54, 1.807) is 0 Å². The van der Waals surface area contributed by atoms with Crippen molar-refractivity contribution in [3.63, 3.8) is 0 Å². The third-order valence-corrected chi connectivity index (χ3v) is 4.27. The third kappa shape index (κ3) is 3.35. The summed E-state index contributed by atoms with van der Waals surface area (Å²) in [6, 6.07) is 2.04. The molecule has 0 saturated carbocycles. The van der Waals surface area contributed by atoms with Gasteiger partial charge in [0.2, 0.25) is 5.95 Å². The minimum atomic E-state index is 0.724. The van der Waals surface area contributed by atoms with Crippen molar-refractivity contribution >= 4 is 17.7 Å². The normalized spacial score (nSPS) is 21.4. The summed E-state index contributed by atoms with van der Waals surface area (Å²) < 4.78 is 0. The molecule has 1 aliphatic rings. The van der Waals surface area contributed by atoms with Crippen molar-refractivity contribution in [3.05, 3.63) is 17.5 Å². The highest BCUT2D eigenvalue weighted by atomic mass is 32.2. The van der Waals surface area contributed by atoms with Crippen molar-refractivity contribution in [3.8, 4) is 0 Å². The van der Waals surface area contributed by atoms with Crippen LogP contribution in [0.2, 0.25) is 0 Å². The van der Waals surface area contributed by atoms with Crippen molar-refractivity contribution in [1.82, 2.24) is 9.97 Å². The molecular formula is C13H21N3S. The van der Waals surface area contributed by atoms with Gasteiger partial charge in [0.15, 0.2) is 0 Å². The molecule has 1 fully saturated rings. The molecule has 0 aliphatic carbocycles. The first-order valence-electron chi connectivity index (χ1n) is 6.29. The van der Waals surface area contributed by atoms with Crippen LogP contribution in [0.3, 0.4) is 0 Å². The van der Waals surface area contributed by atoms with Gasteiger partial charge in [-0.2, -0.15) is 11.8 Å². The molecule has 3 nitrogen and oxygen atoms in total. The Morgan fingerprint density at radius 3 is 2.59 bits per heavy atom. The van der Waals surface area contributed by atoms with Crippen molar-refractivity contribution in [2.45, 2.75) is 38.4 Å². The number of aryl methyl sites for hydroxylation is 2. The molecule has 2 rings (SSSR count). The number of rotatable bonds is 2. The summed E-state index contributed by atoms with van der Waals surface area (Å²) in [7, 11) is 0. The molecule has 0 spiro atoms. The van der Waals surface area contributed by atoms with E-state index in [2.05, 4.69) is 21.1 Å². The van der Waals surface area contributed by atoms with Gasteiger partial charge in [-0.1, -0.05) is 6.42 Å². The van der Waals surface area contributed by atoms with Gasteiger partial charge < -0.3 is 4.90 Å². The SMILES string of the molecule is CS[C@@H]1CCCCN(c2nc(C)cc(C)n2)C1. The molecule has 1 aliphatic heterocycles. The number of hydrogen-bond acceptors (Lipinski definition) is 4. The van der Waals surface area contributed by atoms with E-state index < -0.39 is 0 Å². The van der Waals surface area contributed by atoms with Crippen LogP contribution in [0, 0.1) is 13.8 Å². The monoisotopic (exact) mass is 251 g/mol. The number of thioether (sulfide) groups is 1. The minimum absolute atomic E-state index is 0.724. The Labute approximate surface area is 108 Å². The minimum Gasteiger partial charge on any atom is -0.340 e. The van der Waals surface area contributed by atoms with Gasteiger partial charge in [0.25, 0.3) is 0 Å². The highest BCUT2D eigenvalue weighted by molar-refractivity contribution is 7.99. The van der Waals surface area contributed by atoms with Gasteiger partial charge in [-0.25, -0.2) is 9.97 Å². The summed E-state index contributed by atoms with van der Waals surface area (Å²) in [5.74, 6) is 0.920. The van der Waals surface area contributed by atoms with Gasteiger partial charge in [0.1, 0.15) is 0 Å². The molecule has 1 saturated heterocycles. The van der Waals surface area contributed by atoms with E-state index in [9.17, 15) is 0 Å². The second-order valence-electron chi connectivity index (χ2n) is 4.75. The van der Waals surface area contributed by atoms with Crippen LogP contribution in [0.25, 0.3) is 0 Å². The van der Waals surface area contributed by atoms with Gasteiger partial charge in [-0.15, -0.1) is 0 Å². The molecule has 17 heavy (non-hydrogen) atoms. The van der Waals surface area contributed by atoms with Crippen LogP contribution in [0.1, 0.15) is 30.7 Å². The Hall–Kier alpha value is -0.770. The maximum Gasteiger partial charge on any atom is 0.225 e. The van der Waals surface area contributed by atoms with Crippen LogP contribution >= 0.6 is 11.8 Å². The Morgan fingerprint density at radius 1 is 1.24 bits per heavy atom. The highest BCUT2D eigenvalue weighted by Gasteiger charge is 2.19. The zero-order valence-corrected chi connectivity index (χ0v) is 11.8. The molecule has 0 unspecified atom stereocenters. The van der Waals surface area contributed by atoms with Crippen molar-refractivity contribution in [2.24, 2.45) is 0 Å². The zero-order valence-electron chi connectivity index (χ0n) is 10.9. The molecule has 1 aromatic heterocycles. The second kappa shape index (κ2) is 5.71. The lowest BCUT2D eigenvalue weighted by molar-refractivity contribution is 0.735. The lowest BCUT2D eigenvalue weighted by Crippen LogP contribution is -2.31. The first-order valence-corrected chi connectivity index (χ1v) is 7.58. The summed E-state index contributed by atoms with van der Waals surface area (Å²) in [4.78, 5) is 11.5. The highest BCUT2D eigenvalue weighted by Crippen LogP contribution is 2.22. The number of hydrogen-bond donors (Lipinski definition) is 0. The van der Waals surface area contributed by atoms with Crippen molar-refractivity contribution < 1.29 is 0 Å². The van der Waals surface area contributed by atoms with E-state index >= 15 is 0 Å². The Kier molecular flexibility index (Phi) is 4.26. The average molecular weight is 251 g/mol. The zero-order chi connectivity index (χ0) is 12.3. The molecule has 0 radical (unpaired) electrons. The molecular weight excluding hydrogens is 230 g/mol. The summed E-state index contributed by atoms with van der Waals surface area (Å²) in [6.45, 7) is 6.27. The maximum atomic E-state index is 4.57. The number of aromatic nitrogens is 2. The molecule has 0 bridgehead atoms. The van der Waals surface area contributed by atoms with Gasteiger partial charge in [-0.05, 0) is 39.0 Å². The van der Waals surface area contributed by atoms with Gasteiger partial charge >= 0.3 is 0 Å². The van der Waals surface area contributed by atoms with Crippen LogP contribution in [-0.2, 0) is 0 Å². The van der Waals surface area contributed by atoms with E-state index in [4.69, 9.17) is 0 Å². The number of anilines is 1. The fourth-order valence-electron chi connectivity index (χ4n) is 2.33. The lowest BCUT2D eigenvalue weighted by atomic mass is 10.2. The van der Waals surface area contributed by atoms with E-state index in [1.807, 2.05) is 31.7 Å². The van der Waals surface area contributed by atoms with Gasteiger partial charge in [0, 0.05) is 29.7 Å². The number of nitrogens with zero attached hydrogens (tertiary/aromatic N) is 3. The van der Waals surface area contributed by atoms with Crippen molar-refractivity contribution in [1.29, 1.82) is 0 Å². The molecule has 2 heterocycles. The van der Waals surface area contributed by atoms with Crippen LogP contribution < -0.4 is 4.90 Å². The Morgan fingerprint density at radius 2 is 1.94 bits per heavy atom. The fourth-order valence-corrected chi connectivity index (χ4v) is 3.06. The third-order valence-electron chi connectivity index (χ3n) is 3.21. The predicted octanol–water partition coefficient (Wildman–Crippen LogP) is 2.82. The summed E-state index contributed by atoms with van der Waals surface area (Å²) in [6.07, 6.45) is 6.11. The smallest absolute Gasteiger partial charge is 0.225 e. The molecule has 4 heteroatoms. The van der Waals surface area contributed by atoms with Crippen LogP contribution in [-0.4, -0.2) is 34.6 Å². The molecule has 1 aromatic rings. The predicted molar refractivity (Wildman–Crippen MR) is 74.9 cm³/mol. The summed E-state index contributed by atoms with van der Waals surface area (Å²) in [5, 5.41) is 0.724. The quantitative estimate of drug-likeness (QED) is 0.808. The Balaban J connectivity index is 2.18. The van der Waals surface area contributed by atoms with Crippen molar-refractivity contribution in [2.75, 3.05) is 24.2 Å². The standard InChI is InChI=1S/C13H21N3S/c1-10-8-11(2)15-13(14-10)16-7-5-4-6-12(9-16)17-3/h8,12H,4-7,9H2,1-3H3/t12-/m1/s1. The molecule has 94 valence electrons. The second-order valence-corrected chi connectivity index (χ2v) is 5.89. The van der Waals surface area contributed by atoms with E-state index in [1.165, 1.54) is 19.3 Å². The molecule has 1 atom stereocenters. The van der Waals surface area contributed by atoms with Crippen LogP contribution in [0.15, 0.2) is 6.07 Å². The van der Waals surface area contributed by atoms with E-state index in [0.29, 0.717) is 0 Å². The fraction of sp³-hybridized carbons (Fsp3) is 0.692. The Bertz CT molecular complexity index is 361. The summed E-state index contributed by atoms with van der Waals surface area (Å²) >= 11 is 1.97. The maximum absolute atomic E-state index is 4.57. The lowest BCUT2D eigenvalue weighted by Gasteiger charge is -2.24. The van der Waals surface area contributed by atoms with E-state index in [0.717, 1.165) is 35.7 Å². The van der Waals surface area contributed by atoms with Gasteiger partial charge in [0.05, 0.1) is 0 Å². The topological polar surface area (TPSA) is 29.0 Å². The molecule has 0 amide bonds. The first kappa shape index (κ1) is 12.7. The van der Waals surface area contributed by atoms with Gasteiger partial charge in [-0.3, -0.25) is 0 Å². The van der Waals surface area contributed by atoms with E-state index in [-0.39, 0.29) is 0 Å². The van der Waals surface area contributed by atoms with Crippen LogP contribution in [0.4, 0.5) is 5.95 Å². The molecule has 0 aromatic carbocycles. The average Bonchev–Trinajstić information content (AvgIpc) is 2.52.